The summed E-state index contributed by atoms with van der Waals surface area (Å²) in [6, 6.07) is 0. The van der Waals surface area contributed by atoms with Gasteiger partial charge in [-0.05, 0) is 38.3 Å². The van der Waals surface area contributed by atoms with E-state index in [2.05, 4.69) is 17.1 Å². The summed E-state index contributed by atoms with van der Waals surface area (Å²) in [5, 5.41) is 0. The van der Waals surface area contributed by atoms with Crippen LogP contribution in [0.5, 0.6) is 0 Å². The number of dihydropyridines is 1. The van der Waals surface area contributed by atoms with Crippen LogP contribution in [-0.2, 0) is 4.74 Å². The number of carbonyl (C=O) groups is 1. The van der Waals surface area contributed by atoms with E-state index >= 15 is 0 Å². The lowest BCUT2D eigenvalue weighted by Crippen LogP contribution is -2.39. The number of ether oxygens (including phenoxy) is 1. The van der Waals surface area contributed by atoms with Gasteiger partial charge in [0.25, 0.3) is 0 Å². The van der Waals surface area contributed by atoms with Crippen molar-refractivity contribution in [3.8, 4) is 0 Å². The Bertz CT molecular complexity index is 442. The molecule has 0 saturated carbocycles. The van der Waals surface area contributed by atoms with Gasteiger partial charge in [-0.15, -0.1) is 0 Å². The van der Waals surface area contributed by atoms with Crippen molar-refractivity contribution in [2.75, 3.05) is 19.6 Å². The second-order valence-electron chi connectivity index (χ2n) is 5.89. The second kappa shape index (κ2) is 5.59. The maximum absolute atomic E-state index is 11.9. The van der Waals surface area contributed by atoms with Crippen LogP contribution in [0.1, 0.15) is 33.6 Å². The average molecular weight is 262 g/mol. The minimum absolute atomic E-state index is 0.224. The predicted octanol–water partition coefficient (Wildman–Crippen LogP) is 2.95. The van der Waals surface area contributed by atoms with E-state index in [9.17, 15) is 4.79 Å². The highest BCUT2D eigenvalue weighted by Gasteiger charge is 2.24. The fourth-order valence-electron chi connectivity index (χ4n) is 2.18. The lowest BCUT2D eigenvalue weighted by Gasteiger charge is -2.30. The average Bonchev–Trinajstić information content (AvgIpc) is 2.38. The molecule has 0 bridgehead atoms. The van der Waals surface area contributed by atoms with Crippen LogP contribution in [0, 0.1) is 0 Å². The van der Waals surface area contributed by atoms with Gasteiger partial charge in [0.1, 0.15) is 5.60 Å². The van der Waals surface area contributed by atoms with Crippen LogP contribution < -0.4 is 0 Å². The molecule has 0 aromatic carbocycles. The van der Waals surface area contributed by atoms with Crippen molar-refractivity contribution in [2.45, 2.75) is 39.2 Å². The van der Waals surface area contributed by atoms with E-state index in [1.54, 1.807) is 4.90 Å². The molecule has 2 aliphatic heterocycles. The van der Waals surface area contributed by atoms with Crippen molar-refractivity contribution < 1.29 is 9.53 Å². The third-order valence-corrected chi connectivity index (χ3v) is 3.13. The minimum Gasteiger partial charge on any atom is -0.444 e. The smallest absolute Gasteiger partial charge is 0.410 e. The first kappa shape index (κ1) is 13.8. The van der Waals surface area contributed by atoms with Gasteiger partial charge in [-0.2, -0.15) is 0 Å². The van der Waals surface area contributed by atoms with Crippen LogP contribution in [0.15, 0.2) is 28.3 Å². The monoisotopic (exact) mass is 262 g/mol. The van der Waals surface area contributed by atoms with Gasteiger partial charge in [0, 0.05) is 25.7 Å². The van der Waals surface area contributed by atoms with Gasteiger partial charge in [0.05, 0.1) is 6.54 Å². The number of hydrogen-bond acceptors (Lipinski definition) is 3. The van der Waals surface area contributed by atoms with Gasteiger partial charge in [0.15, 0.2) is 0 Å². The second-order valence-corrected chi connectivity index (χ2v) is 5.89. The molecule has 2 rings (SSSR count). The summed E-state index contributed by atoms with van der Waals surface area (Å²) in [5.41, 5.74) is 2.21. The molecule has 0 radical (unpaired) electrons. The number of carbonyl (C=O) groups excluding carboxylic acids is 1. The lowest BCUT2D eigenvalue weighted by atomic mass is 9.97. The van der Waals surface area contributed by atoms with Gasteiger partial charge >= 0.3 is 6.09 Å². The molecule has 2 aliphatic rings. The molecular formula is C15H22N2O2. The maximum atomic E-state index is 11.9. The third kappa shape index (κ3) is 3.94. The van der Waals surface area contributed by atoms with Crippen molar-refractivity contribution in [2.24, 2.45) is 4.99 Å². The maximum Gasteiger partial charge on any atom is 0.410 e. The van der Waals surface area contributed by atoms with E-state index < -0.39 is 5.60 Å². The van der Waals surface area contributed by atoms with E-state index in [0.717, 1.165) is 25.9 Å². The summed E-state index contributed by atoms with van der Waals surface area (Å²) < 4.78 is 5.38. The molecule has 2 heterocycles. The van der Waals surface area contributed by atoms with Crippen LogP contribution in [0.25, 0.3) is 0 Å². The van der Waals surface area contributed by atoms with E-state index in [1.165, 1.54) is 11.1 Å². The quantitative estimate of drug-likeness (QED) is 0.729. The Labute approximate surface area is 114 Å². The topological polar surface area (TPSA) is 41.9 Å². The third-order valence-electron chi connectivity index (χ3n) is 3.13. The number of aliphatic imine (C=N–C) groups is 1. The normalized spacial score (nSPS) is 19.8. The Balaban J connectivity index is 1.92. The van der Waals surface area contributed by atoms with Crippen molar-refractivity contribution >= 4 is 12.3 Å². The van der Waals surface area contributed by atoms with Crippen molar-refractivity contribution in [1.82, 2.24) is 4.90 Å². The molecule has 104 valence electrons. The summed E-state index contributed by atoms with van der Waals surface area (Å²) in [5.74, 6) is 0. The fourth-order valence-corrected chi connectivity index (χ4v) is 2.18. The van der Waals surface area contributed by atoms with Gasteiger partial charge in [-0.1, -0.05) is 12.2 Å². The van der Waals surface area contributed by atoms with E-state index in [-0.39, 0.29) is 6.09 Å². The van der Waals surface area contributed by atoms with Crippen LogP contribution in [0.4, 0.5) is 4.79 Å². The van der Waals surface area contributed by atoms with Crippen LogP contribution in [-0.4, -0.2) is 42.4 Å². The summed E-state index contributed by atoms with van der Waals surface area (Å²) in [7, 11) is 0. The highest BCUT2D eigenvalue weighted by Crippen LogP contribution is 2.22. The molecule has 0 N–H and O–H groups in total. The van der Waals surface area contributed by atoms with Crippen LogP contribution >= 0.6 is 0 Å². The van der Waals surface area contributed by atoms with Crippen LogP contribution in [0.3, 0.4) is 0 Å². The molecule has 0 atom stereocenters. The number of amides is 1. The molecule has 0 saturated heterocycles. The molecule has 1 amide bonds. The number of rotatable bonds is 1. The minimum atomic E-state index is -0.429. The highest BCUT2D eigenvalue weighted by atomic mass is 16.6. The molecular weight excluding hydrogens is 240 g/mol. The first-order valence-corrected chi connectivity index (χ1v) is 6.80. The lowest BCUT2D eigenvalue weighted by molar-refractivity contribution is 0.0266. The van der Waals surface area contributed by atoms with E-state index in [4.69, 9.17) is 4.74 Å². The highest BCUT2D eigenvalue weighted by molar-refractivity contribution is 5.69. The number of hydrogen-bond donors (Lipinski definition) is 0. The molecule has 0 aliphatic carbocycles. The zero-order chi connectivity index (χ0) is 13.9. The van der Waals surface area contributed by atoms with Crippen molar-refractivity contribution in [1.29, 1.82) is 0 Å². The van der Waals surface area contributed by atoms with Gasteiger partial charge in [0.2, 0.25) is 0 Å². The summed E-state index contributed by atoms with van der Waals surface area (Å²) >= 11 is 0. The Hall–Kier alpha value is -1.58. The molecule has 0 aromatic rings. The Morgan fingerprint density at radius 1 is 1.32 bits per heavy atom. The van der Waals surface area contributed by atoms with Gasteiger partial charge in [-0.3, -0.25) is 4.99 Å². The summed E-state index contributed by atoms with van der Waals surface area (Å²) in [6.45, 7) is 7.80. The number of nitrogens with zero attached hydrogens (tertiary/aromatic N) is 2. The molecule has 4 nitrogen and oxygen atoms in total. The van der Waals surface area contributed by atoms with Crippen molar-refractivity contribution in [3.63, 3.8) is 0 Å². The summed E-state index contributed by atoms with van der Waals surface area (Å²) in [6.07, 6.45) is 7.88. The SMILES string of the molecule is CC(C)(C)OC(=O)N1CC=C(C2=CCC=NC2)CC1. The Kier molecular flexibility index (Phi) is 4.08. The molecule has 19 heavy (non-hydrogen) atoms. The largest absolute Gasteiger partial charge is 0.444 e. The van der Waals surface area contributed by atoms with E-state index in [1.807, 2.05) is 27.0 Å². The number of allylic oxidation sites excluding steroid dienone is 1. The standard InChI is InChI=1S/C15H22N2O2/c1-15(2,3)19-14(18)17-9-6-12(7-10-17)13-5-4-8-16-11-13/h5-6,8H,4,7,9-11H2,1-3H3. The zero-order valence-corrected chi connectivity index (χ0v) is 12.0. The molecule has 0 aromatic heterocycles. The predicted molar refractivity (Wildman–Crippen MR) is 76.6 cm³/mol. The Morgan fingerprint density at radius 3 is 2.63 bits per heavy atom. The van der Waals surface area contributed by atoms with E-state index in [0.29, 0.717) is 6.54 Å². The first-order chi connectivity index (χ1) is 8.96. The molecule has 0 unspecified atom stereocenters. The van der Waals surface area contributed by atoms with Crippen LogP contribution in [0.2, 0.25) is 0 Å². The zero-order valence-electron chi connectivity index (χ0n) is 12.0. The Morgan fingerprint density at radius 2 is 2.11 bits per heavy atom. The van der Waals surface area contributed by atoms with Gasteiger partial charge in [-0.25, -0.2) is 4.79 Å². The molecule has 4 heteroatoms. The summed E-state index contributed by atoms with van der Waals surface area (Å²) in [4.78, 5) is 18.0. The molecule has 0 spiro atoms. The molecule has 0 fully saturated rings. The first-order valence-electron chi connectivity index (χ1n) is 6.80. The van der Waals surface area contributed by atoms with Gasteiger partial charge < -0.3 is 9.64 Å². The van der Waals surface area contributed by atoms with Crippen molar-refractivity contribution in [3.05, 3.63) is 23.3 Å². The fraction of sp³-hybridized carbons (Fsp3) is 0.600.